The fourth-order valence-electron chi connectivity index (χ4n) is 1.77. The van der Waals surface area contributed by atoms with E-state index in [-0.39, 0.29) is 26.4 Å². The first kappa shape index (κ1) is 21.8. The summed E-state index contributed by atoms with van der Waals surface area (Å²) in [5.41, 5.74) is 0. The molecule has 1 heterocycles. The molecule has 2 atom stereocenters. The molecule has 4 N–H and O–H groups in total. The minimum absolute atomic E-state index is 0.00133. The van der Waals surface area contributed by atoms with E-state index in [9.17, 15) is 19.2 Å². The molecule has 0 aromatic carbocycles. The van der Waals surface area contributed by atoms with Crippen molar-refractivity contribution in [2.75, 3.05) is 52.9 Å². The second-order valence-electron chi connectivity index (χ2n) is 5.05. The summed E-state index contributed by atoms with van der Waals surface area (Å²) in [6.07, 6.45) is 0. The highest BCUT2D eigenvalue weighted by Crippen LogP contribution is 1.93. The molecule has 0 radical (unpaired) electrons. The highest BCUT2D eigenvalue weighted by atomic mass is 16.6. The smallest absolute Gasteiger partial charge is 0.331 e. The minimum atomic E-state index is -1.28. The van der Waals surface area contributed by atoms with Crippen molar-refractivity contribution in [3.63, 3.8) is 0 Å². The Morgan fingerprint density at radius 2 is 1.15 bits per heavy atom. The number of amides is 2. The molecule has 1 aliphatic rings. The number of carbonyl (C=O) groups is 4. The van der Waals surface area contributed by atoms with Crippen molar-refractivity contribution in [2.45, 2.75) is 12.1 Å². The molecule has 0 unspecified atom stereocenters. The van der Waals surface area contributed by atoms with E-state index in [0.29, 0.717) is 0 Å². The molecule has 12 heteroatoms. The molecule has 0 spiro atoms. The number of carbonyl (C=O) groups excluding carboxylic acids is 4. The zero-order valence-corrected chi connectivity index (χ0v) is 14.0. The fourth-order valence-corrected chi connectivity index (χ4v) is 1.77. The van der Waals surface area contributed by atoms with E-state index in [2.05, 4.69) is 10.6 Å². The molecule has 0 aromatic heterocycles. The Bertz CT molecular complexity index is 456. The van der Waals surface area contributed by atoms with Crippen LogP contribution in [0.4, 0.5) is 0 Å². The van der Waals surface area contributed by atoms with Crippen molar-refractivity contribution in [1.82, 2.24) is 10.6 Å². The quantitative estimate of drug-likeness (QED) is 0.348. The maximum Gasteiger partial charge on any atom is 0.331 e. The van der Waals surface area contributed by atoms with Gasteiger partial charge in [-0.15, -0.1) is 0 Å². The zero-order valence-electron chi connectivity index (χ0n) is 14.0. The van der Waals surface area contributed by atoms with E-state index in [1.165, 1.54) is 0 Å². The van der Waals surface area contributed by atoms with Gasteiger partial charge in [-0.05, 0) is 0 Å². The van der Waals surface area contributed by atoms with Crippen molar-refractivity contribution < 1.29 is 48.3 Å². The van der Waals surface area contributed by atoms with Crippen LogP contribution in [-0.2, 0) is 38.1 Å². The molecule has 1 fully saturated rings. The number of cyclic esters (lactones) is 2. The third-order valence-electron chi connectivity index (χ3n) is 3.01. The number of ether oxygens (including phenoxy) is 4. The van der Waals surface area contributed by atoms with Crippen LogP contribution in [-0.4, -0.2) is 98.9 Å². The number of esters is 2. The lowest BCUT2D eigenvalue weighted by atomic mass is 10.3. The van der Waals surface area contributed by atoms with E-state index >= 15 is 0 Å². The van der Waals surface area contributed by atoms with Crippen molar-refractivity contribution in [2.24, 2.45) is 0 Å². The fraction of sp³-hybridized carbons (Fsp3) is 0.714. The number of aliphatic hydroxyl groups excluding tert-OH is 2. The topological polar surface area (TPSA) is 170 Å². The molecule has 148 valence electrons. The average Bonchev–Trinajstić information content (AvgIpc) is 2.62. The first-order valence-electron chi connectivity index (χ1n) is 7.77. The van der Waals surface area contributed by atoms with Crippen LogP contribution in [0, 0.1) is 0 Å². The summed E-state index contributed by atoms with van der Waals surface area (Å²) in [6, 6.07) is -2.56. The van der Waals surface area contributed by atoms with E-state index in [1.807, 2.05) is 0 Å². The van der Waals surface area contributed by atoms with Crippen LogP contribution in [0.5, 0.6) is 0 Å². The van der Waals surface area contributed by atoms with Crippen LogP contribution in [0.3, 0.4) is 0 Å². The summed E-state index contributed by atoms with van der Waals surface area (Å²) < 4.78 is 19.6. The molecule has 1 rings (SSSR count). The zero-order chi connectivity index (χ0) is 19.4. The van der Waals surface area contributed by atoms with Gasteiger partial charge >= 0.3 is 11.9 Å². The Labute approximate surface area is 148 Å². The van der Waals surface area contributed by atoms with Gasteiger partial charge in [0.1, 0.15) is 26.4 Å². The van der Waals surface area contributed by atoms with Gasteiger partial charge in [0.05, 0.1) is 26.4 Å². The second kappa shape index (κ2) is 12.1. The summed E-state index contributed by atoms with van der Waals surface area (Å²) in [5.74, 6) is -3.24. The van der Waals surface area contributed by atoms with Crippen LogP contribution in [0.15, 0.2) is 0 Å². The van der Waals surface area contributed by atoms with Crippen molar-refractivity contribution in [1.29, 1.82) is 0 Å². The van der Waals surface area contributed by atoms with Crippen LogP contribution >= 0.6 is 0 Å². The molecule has 2 amide bonds. The summed E-state index contributed by atoms with van der Waals surface area (Å²) in [6.45, 7) is -2.78. The van der Waals surface area contributed by atoms with Crippen LogP contribution < -0.4 is 10.6 Å². The summed E-state index contributed by atoms with van der Waals surface area (Å²) in [5, 5.41) is 22.6. The van der Waals surface area contributed by atoms with Gasteiger partial charge in [-0.25, -0.2) is 9.59 Å². The number of aliphatic hydroxyl groups is 2. The number of nitrogens with one attached hydrogen (secondary N) is 2. The Balaban J connectivity index is 2.64. The highest BCUT2D eigenvalue weighted by Gasteiger charge is 2.23. The molecule has 1 aliphatic heterocycles. The normalized spacial score (nSPS) is 25.2. The van der Waals surface area contributed by atoms with Gasteiger partial charge < -0.3 is 39.8 Å². The maximum atomic E-state index is 11.7. The van der Waals surface area contributed by atoms with E-state index in [0.717, 1.165) is 0 Å². The summed E-state index contributed by atoms with van der Waals surface area (Å²) in [4.78, 5) is 46.7. The molecule has 0 bridgehead atoms. The van der Waals surface area contributed by atoms with E-state index < -0.39 is 62.3 Å². The van der Waals surface area contributed by atoms with Crippen LogP contribution in [0.25, 0.3) is 0 Å². The second-order valence-corrected chi connectivity index (χ2v) is 5.05. The van der Waals surface area contributed by atoms with Gasteiger partial charge in [0.2, 0.25) is 11.8 Å². The predicted molar refractivity (Wildman–Crippen MR) is 81.6 cm³/mol. The third-order valence-corrected chi connectivity index (χ3v) is 3.01. The number of hydrogen-bond acceptors (Lipinski definition) is 10. The standard InChI is InChI=1S/C14H22N2O10/c17-5-9-13(21)25-3-1-23-2-4-26-14(22)10(6-18)16-12(20)8-24-7-11(19)15-9/h9-10,17-18H,1-8H2,(H,15,19)(H,16,20)/t9-,10-/m0/s1. The Kier molecular flexibility index (Phi) is 10.2. The van der Waals surface area contributed by atoms with Gasteiger partial charge in [-0.1, -0.05) is 0 Å². The first-order valence-corrected chi connectivity index (χ1v) is 7.77. The van der Waals surface area contributed by atoms with Crippen LogP contribution in [0.1, 0.15) is 0 Å². The molecule has 12 nitrogen and oxygen atoms in total. The largest absolute Gasteiger partial charge is 0.462 e. The molecule has 1 saturated heterocycles. The van der Waals surface area contributed by atoms with Crippen molar-refractivity contribution >= 4 is 23.8 Å². The van der Waals surface area contributed by atoms with Gasteiger partial charge in [-0.2, -0.15) is 0 Å². The van der Waals surface area contributed by atoms with Gasteiger partial charge in [-0.3, -0.25) is 9.59 Å². The average molecular weight is 378 g/mol. The lowest BCUT2D eigenvalue weighted by Crippen LogP contribution is -2.47. The number of rotatable bonds is 2. The van der Waals surface area contributed by atoms with Crippen molar-refractivity contribution in [3.05, 3.63) is 0 Å². The number of hydrogen-bond donors (Lipinski definition) is 4. The van der Waals surface area contributed by atoms with Crippen molar-refractivity contribution in [3.8, 4) is 0 Å². The Morgan fingerprint density at radius 1 is 0.731 bits per heavy atom. The van der Waals surface area contributed by atoms with Gasteiger partial charge in [0, 0.05) is 0 Å². The Morgan fingerprint density at radius 3 is 1.54 bits per heavy atom. The van der Waals surface area contributed by atoms with Gasteiger partial charge in [0.15, 0.2) is 12.1 Å². The molecular formula is C14H22N2O10. The first-order chi connectivity index (χ1) is 12.5. The molecule has 0 aromatic rings. The van der Waals surface area contributed by atoms with E-state index in [1.54, 1.807) is 0 Å². The Hall–Kier alpha value is -2.28. The van der Waals surface area contributed by atoms with E-state index in [4.69, 9.17) is 29.2 Å². The maximum absolute atomic E-state index is 11.7. The lowest BCUT2D eigenvalue weighted by molar-refractivity contribution is -0.153. The molecule has 0 aliphatic carbocycles. The van der Waals surface area contributed by atoms with Crippen LogP contribution in [0.2, 0.25) is 0 Å². The summed E-state index contributed by atoms with van der Waals surface area (Å²) >= 11 is 0. The lowest BCUT2D eigenvalue weighted by Gasteiger charge is -2.17. The predicted octanol–water partition coefficient (Wildman–Crippen LogP) is -3.93. The monoisotopic (exact) mass is 378 g/mol. The minimum Gasteiger partial charge on any atom is -0.462 e. The molecular weight excluding hydrogens is 356 g/mol. The molecule has 26 heavy (non-hydrogen) atoms. The SMILES string of the molecule is O=C1COCC(=O)N[C@@H](CO)C(=O)OCCOCCOC(=O)[C@H](CO)N1. The third kappa shape index (κ3) is 8.20. The summed E-state index contributed by atoms with van der Waals surface area (Å²) in [7, 11) is 0. The molecule has 0 saturated carbocycles. The highest BCUT2D eigenvalue weighted by molar-refractivity contribution is 5.86. The van der Waals surface area contributed by atoms with Gasteiger partial charge in [0.25, 0.3) is 0 Å².